The lowest BCUT2D eigenvalue weighted by atomic mass is 10.1. The van der Waals surface area contributed by atoms with Crippen molar-refractivity contribution >= 4 is 52.0 Å². The summed E-state index contributed by atoms with van der Waals surface area (Å²) in [6.45, 7) is 3.80. The van der Waals surface area contributed by atoms with Gasteiger partial charge in [-0.3, -0.25) is 14.4 Å². The third-order valence-electron chi connectivity index (χ3n) is 5.26. The Labute approximate surface area is 183 Å². The first-order valence-electron chi connectivity index (χ1n) is 9.77. The fourth-order valence-corrected chi connectivity index (χ4v) is 4.74. The zero-order valence-electron chi connectivity index (χ0n) is 16.5. The Morgan fingerprint density at radius 3 is 2.73 bits per heavy atom. The summed E-state index contributed by atoms with van der Waals surface area (Å²) < 4.78 is 5.95. The Hall–Kier alpha value is -2.42. The Kier molecular flexibility index (Phi) is 6.08. The third-order valence-corrected chi connectivity index (χ3v) is 6.49. The SMILES string of the molecule is Cc1cc(N2C[C@H](NC(=O)c3ccc(Cl)s3)CC2=O)ccc1N1CCOCCC1=O. The van der Waals surface area contributed by atoms with Crippen LogP contribution < -0.4 is 15.1 Å². The van der Waals surface area contributed by atoms with Gasteiger partial charge in [-0.2, -0.15) is 0 Å². The molecule has 1 N–H and O–H groups in total. The molecule has 0 bridgehead atoms. The van der Waals surface area contributed by atoms with Crippen LogP contribution in [0.15, 0.2) is 30.3 Å². The van der Waals surface area contributed by atoms with Crippen molar-refractivity contribution in [3.8, 4) is 0 Å². The van der Waals surface area contributed by atoms with E-state index in [9.17, 15) is 14.4 Å². The summed E-state index contributed by atoms with van der Waals surface area (Å²) in [5.74, 6) is -0.229. The highest BCUT2D eigenvalue weighted by atomic mass is 35.5. The first-order chi connectivity index (χ1) is 14.4. The standard InChI is InChI=1S/C21H22ClN3O4S/c1-13-10-15(2-3-16(13)24-7-9-29-8-6-19(24)26)25-12-14(11-20(25)27)23-21(28)17-4-5-18(22)30-17/h2-5,10,14H,6-9,11-12H2,1H3,(H,23,28)/t14-/m1/s1. The van der Waals surface area contributed by atoms with Gasteiger partial charge in [-0.05, 0) is 42.8 Å². The van der Waals surface area contributed by atoms with Crippen LogP contribution in [-0.4, -0.2) is 50.1 Å². The number of nitrogens with zero attached hydrogens (tertiary/aromatic N) is 2. The third kappa shape index (κ3) is 4.35. The number of hydrogen-bond acceptors (Lipinski definition) is 5. The molecule has 2 saturated heterocycles. The topological polar surface area (TPSA) is 79.0 Å². The number of rotatable bonds is 4. The highest BCUT2D eigenvalue weighted by Crippen LogP contribution is 2.29. The number of carbonyl (C=O) groups excluding carboxylic acids is 3. The van der Waals surface area contributed by atoms with E-state index in [-0.39, 0.29) is 30.2 Å². The summed E-state index contributed by atoms with van der Waals surface area (Å²) in [6, 6.07) is 8.72. The van der Waals surface area contributed by atoms with E-state index >= 15 is 0 Å². The van der Waals surface area contributed by atoms with Gasteiger partial charge >= 0.3 is 0 Å². The Balaban J connectivity index is 1.46. The predicted octanol–water partition coefficient (Wildman–Crippen LogP) is 3.00. The van der Waals surface area contributed by atoms with Gasteiger partial charge in [0, 0.05) is 30.9 Å². The van der Waals surface area contributed by atoms with Crippen LogP contribution in [0.3, 0.4) is 0 Å². The Morgan fingerprint density at radius 2 is 2.00 bits per heavy atom. The second kappa shape index (κ2) is 8.75. The van der Waals surface area contributed by atoms with E-state index in [0.29, 0.717) is 41.9 Å². The van der Waals surface area contributed by atoms with E-state index in [1.165, 1.54) is 11.3 Å². The van der Waals surface area contributed by atoms with Crippen LogP contribution >= 0.6 is 22.9 Å². The molecule has 0 aliphatic carbocycles. The molecule has 4 rings (SSSR count). The molecule has 158 valence electrons. The van der Waals surface area contributed by atoms with E-state index in [2.05, 4.69) is 5.32 Å². The second-order valence-corrected chi connectivity index (χ2v) is 9.08. The lowest BCUT2D eigenvalue weighted by molar-refractivity contribution is -0.119. The smallest absolute Gasteiger partial charge is 0.261 e. The minimum absolute atomic E-state index is 0.0389. The lowest BCUT2D eigenvalue weighted by Gasteiger charge is -2.24. The number of hydrogen-bond donors (Lipinski definition) is 1. The zero-order chi connectivity index (χ0) is 21.3. The first-order valence-corrected chi connectivity index (χ1v) is 11.0. The van der Waals surface area contributed by atoms with E-state index in [1.807, 2.05) is 25.1 Å². The maximum absolute atomic E-state index is 12.6. The van der Waals surface area contributed by atoms with Crippen LogP contribution in [0.2, 0.25) is 4.34 Å². The summed E-state index contributed by atoms with van der Waals surface area (Å²) in [7, 11) is 0. The molecular formula is C21H22ClN3O4S. The van der Waals surface area contributed by atoms with E-state index < -0.39 is 0 Å². The monoisotopic (exact) mass is 447 g/mol. The van der Waals surface area contributed by atoms with Gasteiger partial charge < -0.3 is 19.9 Å². The van der Waals surface area contributed by atoms with Crippen LogP contribution in [0, 0.1) is 6.92 Å². The Morgan fingerprint density at radius 1 is 1.17 bits per heavy atom. The lowest BCUT2D eigenvalue weighted by Crippen LogP contribution is -2.36. The number of nitrogens with one attached hydrogen (secondary N) is 1. The Bertz CT molecular complexity index is 992. The number of carbonyl (C=O) groups is 3. The highest BCUT2D eigenvalue weighted by Gasteiger charge is 2.32. The molecule has 0 radical (unpaired) electrons. The summed E-state index contributed by atoms with van der Waals surface area (Å²) in [5, 5.41) is 2.91. The van der Waals surface area contributed by atoms with Crippen LogP contribution in [0.25, 0.3) is 0 Å². The van der Waals surface area contributed by atoms with Crippen LogP contribution in [0.5, 0.6) is 0 Å². The zero-order valence-corrected chi connectivity index (χ0v) is 18.1. The quantitative estimate of drug-likeness (QED) is 0.781. The number of amides is 3. The van der Waals surface area contributed by atoms with Crippen molar-refractivity contribution in [2.24, 2.45) is 0 Å². The molecule has 3 heterocycles. The molecule has 0 unspecified atom stereocenters. The molecule has 1 aromatic heterocycles. The van der Waals surface area contributed by atoms with Crippen molar-refractivity contribution in [2.45, 2.75) is 25.8 Å². The summed E-state index contributed by atoms with van der Waals surface area (Å²) in [6.07, 6.45) is 0.607. The van der Waals surface area contributed by atoms with Crippen LogP contribution in [0.4, 0.5) is 11.4 Å². The maximum atomic E-state index is 12.6. The number of anilines is 2. The molecule has 3 amide bonds. The summed E-state index contributed by atoms with van der Waals surface area (Å²) in [4.78, 5) is 41.2. The summed E-state index contributed by atoms with van der Waals surface area (Å²) >= 11 is 7.10. The van der Waals surface area contributed by atoms with Gasteiger partial charge in [0.25, 0.3) is 5.91 Å². The van der Waals surface area contributed by atoms with E-state index in [1.54, 1.807) is 21.9 Å². The van der Waals surface area contributed by atoms with Crippen molar-refractivity contribution in [3.05, 3.63) is 45.1 Å². The van der Waals surface area contributed by atoms with Crippen molar-refractivity contribution in [1.82, 2.24) is 5.32 Å². The predicted molar refractivity (Wildman–Crippen MR) is 117 cm³/mol. The van der Waals surface area contributed by atoms with Gasteiger partial charge in [0.1, 0.15) is 0 Å². The molecule has 1 atom stereocenters. The number of benzene rings is 1. The van der Waals surface area contributed by atoms with Gasteiger partial charge in [-0.25, -0.2) is 0 Å². The minimum Gasteiger partial charge on any atom is -0.379 e. The van der Waals surface area contributed by atoms with Gasteiger partial charge in [-0.15, -0.1) is 11.3 Å². The molecule has 30 heavy (non-hydrogen) atoms. The van der Waals surface area contributed by atoms with Crippen LogP contribution in [0.1, 0.15) is 28.1 Å². The second-order valence-electron chi connectivity index (χ2n) is 7.36. The molecule has 2 aliphatic heterocycles. The summed E-state index contributed by atoms with van der Waals surface area (Å²) in [5.41, 5.74) is 2.51. The number of halogens is 1. The van der Waals surface area contributed by atoms with Crippen molar-refractivity contribution in [1.29, 1.82) is 0 Å². The van der Waals surface area contributed by atoms with Crippen molar-refractivity contribution in [2.75, 3.05) is 36.1 Å². The highest BCUT2D eigenvalue weighted by molar-refractivity contribution is 7.18. The van der Waals surface area contributed by atoms with Gasteiger partial charge in [-0.1, -0.05) is 11.6 Å². The molecule has 7 nitrogen and oxygen atoms in total. The normalized spacial score (nSPS) is 19.9. The molecule has 2 aromatic rings. The molecule has 9 heteroatoms. The number of thiophene rings is 1. The molecule has 1 aromatic carbocycles. The molecule has 2 fully saturated rings. The average molecular weight is 448 g/mol. The first kappa shape index (κ1) is 20.8. The van der Waals surface area contributed by atoms with Crippen molar-refractivity contribution in [3.63, 3.8) is 0 Å². The van der Waals surface area contributed by atoms with Gasteiger partial charge in [0.05, 0.1) is 34.9 Å². The average Bonchev–Trinajstić information content (AvgIpc) is 3.23. The largest absolute Gasteiger partial charge is 0.379 e. The van der Waals surface area contributed by atoms with Gasteiger partial charge in [0.15, 0.2) is 0 Å². The van der Waals surface area contributed by atoms with E-state index in [4.69, 9.17) is 16.3 Å². The molecule has 0 saturated carbocycles. The molecule has 0 spiro atoms. The van der Waals surface area contributed by atoms with Crippen molar-refractivity contribution < 1.29 is 19.1 Å². The van der Waals surface area contributed by atoms with Gasteiger partial charge in [0.2, 0.25) is 11.8 Å². The van der Waals surface area contributed by atoms with Crippen LogP contribution in [-0.2, 0) is 14.3 Å². The van der Waals surface area contributed by atoms with E-state index in [0.717, 1.165) is 16.9 Å². The number of ether oxygens (including phenoxy) is 1. The molecular weight excluding hydrogens is 426 g/mol. The fraction of sp³-hybridized carbons (Fsp3) is 0.381. The maximum Gasteiger partial charge on any atom is 0.261 e. The molecule has 2 aliphatic rings. The fourth-order valence-electron chi connectivity index (χ4n) is 3.79. The number of aryl methyl sites for hydroxylation is 1. The minimum atomic E-state index is -0.268.